The number of pyridine rings is 1. The van der Waals surface area contributed by atoms with Gasteiger partial charge in [0.15, 0.2) is 5.69 Å². The van der Waals surface area contributed by atoms with Crippen molar-refractivity contribution in [1.82, 2.24) is 14.3 Å². The molecule has 1 saturated heterocycles. The maximum absolute atomic E-state index is 13.4. The highest BCUT2D eigenvalue weighted by atomic mass is 16.2. The Bertz CT molecular complexity index is 1030. The standard InChI is InChI=1S/C22H24N4O2/c1-3-25(17-10-8-9-16(2)15-17)21(27)19-18-11-4-5-14-26(18)20(23-19)22(28)24-12-6-7-13-24/h4-5,8-11,14-15H,3,6-7,12-13H2,1-2H3. The molecule has 0 N–H and O–H groups in total. The Morgan fingerprint density at radius 1 is 1.11 bits per heavy atom. The van der Waals surface area contributed by atoms with E-state index < -0.39 is 0 Å². The number of aromatic nitrogens is 2. The van der Waals surface area contributed by atoms with Gasteiger partial charge in [-0.1, -0.05) is 18.2 Å². The molecule has 3 aromatic rings. The smallest absolute Gasteiger partial charge is 0.290 e. The average Bonchev–Trinajstić information content (AvgIpc) is 3.36. The summed E-state index contributed by atoms with van der Waals surface area (Å²) in [6.07, 6.45) is 3.82. The topological polar surface area (TPSA) is 57.9 Å². The van der Waals surface area contributed by atoms with Crippen LogP contribution in [0.4, 0.5) is 5.69 Å². The predicted octanol–water partition coefficient (Wildman–Crippen LogP) is 3.55. The zero-order valence-electron chi connectivity index (χ0n) is 16.3. The number of carbonyl (C=O) groups excluding carboxylic acids is 2. The van der Waals surface area contributed by atoms with Crippen molar-refractivity contribution in [2.24, 2.45) is 0 Å². The normalized spacial score (nSPS) is 13.9. The van der Waals surface area contributed by atoms with Crippen LogP contribution >= 0.6 is 0 Å². The molecule has 28 heavy (non-hydrogen) atoms. The second kappa shape index (κ2) is 7.46. The summed E-state index contributed by atoms with van der Waals surface area (Å²) >= 11 is 0. The van der Waals surface area contributed by atoms with Crippen LogP contribution in [0, 0.1) is 6.92 Å². The molecule has 0 unspecified atom stereocenters. The minimum atomic E-state index is -0.197. The Kier molecular flexibility index (Phi) is 4.86. The van der Waals surface area contributed by atoms with Crippen LogP contribution in [-0.2, 0) is 0 Å². The van der Waals surface area contributed by atoms with Crippen molar-refractivity contribution in [3.05, 3.63) is 65.7 Å². The van der Waals surface area contributed by atoms with Crippen LogP contribution in [-0.4, -0.2) is 45.7 Å². The van der Waals surface area contributed by atoms with Gasteiger partial charge in [-0.3, -0.25) is 14.0 Å². The molecule has 3 heterocycles. The van der Waals surface area contributed by atoms with Crippen molar-refractivity contribution in [2.75, 3.05) is 24.5 Å². The molecule has 1 aromatic carbocycles. The molecule has 0 saturated carbocycles. The first-order valence-electron chi connectivity index (χ1n) is 9.75. The van der Waals surface area contributed by atoms with Crippen molar-refractivity contribution in [3.63, 3.8) is 0 Å². The number of nitrogens with zero attached hydrogens (tertiary/aromatic N) is 4. The minimum absolute atomic E-state index is 0.114. The lowest BCUT2D eigenvalue weighted by Gasteiger charge is -2.20. The lowest BCUT2D eigenvalue weighted by Crippen LogP contribution is -2.31. The van der Waals surface area contributed by atoms with Gasteiger partial charge < -0.3 is 9.80 Å². The number of aryl methyl sites for hydroxylation is 1. The monoisotopic (exact) mass is 376 g/mol. The van der Waals surface area contributed by atoms with Crippen molar-refractivity contribution >= 4 is 23.0 Å². The van der Waals surface area contributed by atoms with E-state index in [1.54, 1.807) is 15.5 Å². The Balaban J connectivity index is 1.77. The van der Waals surface area contributed by atoms with Crippen LogP contribution in [0.25, 0.3) is 5.52 Å². The highest BCUT2D eigenvalue weighted by Crippen LogP contribution is 2.22. The van der Waals surface area contributed by atoms with E-state index >= 15 is 0 Å². The molecule has 0 atom stereocenters. The summed E-state index contributed by atoms with van der Waals surface area (Å²) in [7, 11) is 0. The Labute approximate surface area is 164 Å². The Morgan fingerprint density at radius 2 is 1.89 bits per heavy atom. The van der Waals surface area contributed by atoms with E-state index in [0.29, 0.717) is 23.6 Å². The molecule has 0 radical (unpaired) electrons. The van der Waals surface area contributed by atoms with Crippen molar-refractivity contribution in [1.29, 1.82) is 0 Å². The summed E-state index contributed by atoms with van der Waals surface area (Å²) in [6.45, 7) is 5.95. The molecule has 4 rings (SSSR count). The van der Waals surface area contributed by atoms with Gasteiger partial charge >= 0.3 is 0 Å². The quantitative estimate of drug-likeness (QED) is 0.700. The molecule has 0 spiro atoms. The second-order valence-corrected chi connectivity index (χ2v) is 7.13. The summed E-state index contributed by atoms with van der Waals surface area (Å²) in [6, 6.07) is 13.4. The van der Waals surface area contributed by atoms with Crippen LogP contribution in [0.5, 0.6) is 0 Å². The molecular formula is C22H24N4O2. The van der Waals surface area contributed by atoms with Crippen molar-refractivity contribution in [3.8, 4) is 0 Å². The Morgan fingerprint density at radius 3 is 2.61 bits per heavy atom. The molecule has 6 nitrogen and oxygen atoms in total. The van der Waals surface area contributed by atoms with E-state index in [1.807, 2.05) is 61.2 Å². The van der Waals surface area contributed by atoms with Crippen LogP contribution in [0.15, 0.2) is 48.7 Å². The van der Waals surface area contributed by atoms with Gasteiger partial charge in [-0.15, -0.1) is 0 Å². The number of amides is 2. The largest absolute Gasteiger partial charge is 0.336 e. The molecule has 6 heteroatoms. The van der Waals surface area contributed by atoms with Crippen LogP contribution in [0.2, 0.25) is 0 Å². The summed E-state index contributed by atoms with van der Waals surface area (Å²) in [4.78, 5) is 34.4. The number of imidazole rings is 1. The lowest BCUT2D eigenvalue weighted by atomic mass is 10.2. The van der Waals surface area contributed by atoms with Crippen LogP contribution < -0.4 is 4.90 Å². The third-order valence-corrected chi connectivity index (χ3v) is 5.21. The molecule has 1 aliphatic rings. The number of hydrogen-bond donors (Lipinski definition) is 0. The summed E-state index contributed by atoms with van der Waals surface area (Å²) in [5.74, 6) is -0.00484. The highest BCUT2D eigenvalue weighted by Gasteiger charge is 2.28. The highest BCUT2D eigenvalue weighted by molar-refractivity contribution is 6.10. The van der Waals surface area contributed by atoms with E-state index in [1.165, 1.54) is 0 Å². The van der Waals surface area contributed by atoms with Crippen LogP contribution in [0.3, 0.4) is 0 Å². The molecular weight excluding hydrogens is 352 g/mol. The molecule has 2 aromatic heterocycles. The lowest BCUT2D eigenvalue weighted by molar-refractivity contribution is 0.0780. The summed E-state index contributed by atoms with van der Waals surface area (Å²) < 4.78 is 1.73. The van der Waals surface area contributed by atoms with Crippen molar-refractivity contribution < 1.29 is 9.59 Å². The maximum atomic E-state index is 13.4. The van der Waals surface area contributed by atoms with Gasteiger partial charge in [0.05, 0.1) is 5.52 Å². The molecule has 144 valence electrons. The van der Waals surface area contributed by atoms with Gasteiger partial charge in [0, 0.05) is 31.5 Å². The fourth-order valence-electron chi connectivity index (χ4n) is 3.77. The minimum Gasteiger partial charge on any atom is -0.336 e. The molecule has 1 aliphatic heterocycles. The number of rotatable bonds is 4. The number of anilines is 1. The third kappa shape index (κ3) is 3.15. The van der Waals surface area contributed by atoms with Gasteiger partial charge in [0.2, 0.25) is 5.82 Å². The summed E-state index contributed by atoms with van der Waals surface area (Å²) in [5, 5.41) is 0. The predicted molar refractivity (Wildman–Crippen MR) is 109 cm³/mol. The molecule has 0 aliphatic carbocycles. The maximum Gasteiger partial charge on any atom is 0.290 e. The second-order valence-electron chi connectivity index (χ2n) is 7.13. The number of hydrogen-bond acceptors (Lipinski definition) is 3. The van der Waals surface area contributed by atoms with Gasteiger partial charge in [0.1, 0.15) is 0 Å². The fraction of sp³-hybridized carbons (Fsp3) is 0.318. The SMILES string of the molecule is CCN(C(=O)c1nc(C(=O)N2CCCC2)n2ccccc12)c1cccc(C)c1. The first-order chi connectivity index (χ1) is 13.6. The van der Waals surface area contributed by atoms with Gasteiger partial charge in [-0.05, 0) is 56.5 Å². The first kappa shape index (κ1) is 18.2. The van der Waals surface area contributed by atoms with E-state index in [4.69, 9.17) is 0 Å². The number of likely N-dealkylation sites (tertiary alicyclic amines) is 1. The molecule has 0 bridgehead atoms. The average molecular weight is 376 g/mol. The van der Waals surface area contributed by atoms with E-state index in [9.17, 15) is 9.59 Å². The zero-order valence-corrected chi connectivity index (χ0v) is 16.3. The number of benzene rings is 1. The number of fused-ring (bicyclic) bond motifs is 1. The Hall–Kier alpha value is -3.15. The van der Waals surface area contributed by atoms with E-state index in [2.05, 4.69) is 4.98 Å². The fourth-order valence-corrected chi connectivity index (χ4v) is 3.77. The van der Waals surface area contributed by atoms with E-state index in [-0.39, 0.29) is 11.8 Å². The summed E-state index contributed by atoms with van der Waals surface area (Å²) in [5.41, 5.74) is 2.88. The molecule has 1 fully saturated rings. The first-order valence-corrected chi connectivity index (χ1v) is 9.75. The molecule has 2 amide bonds. The van der Waals surface area contributed by atoms with Gasteiger partial charge in [-0.2, -0.15) is 0 Å². The number of carbonyl (C=O) groups is 2. The van der Waals surface area contributed by atoms with Gasteiger partial charge in [0.25, 0.3) is 11.8 Å². The van der Waals surface area contributed by atoms with Crippen LogP contribution in [0.1, 0.15) is 46.4 Å². The zero-order chi connectivity index (χ0) is 19.7. The van der Waals surface area contributed by atoms with Crippen molar-refractivity contribution in [2.45, 2.75) is 26.7 Å². The van der Waals surface area contributed by atoms with Gasteiger partial charge in [-0.25, -0.2) is 4.98 Å². The third-order valence-electron chi connectivity index (χ3n) is 5.21. The van der Waals surface area contributed by atoms with E-state index in [0.717, 1.165) is 37.2 Å².